The Morgan fingerprint density at radius 2 is 1.96 bits per heavy atom. The lowest BCUT2D eigenvalue weighted by Crippen LogP contribution is -2.42. The van der Waals surface area contributed by atoms with E-state index >= 15 is 0 Å². The normalized spacial score (nSPS) is 19.7. The number of rotatable bonds is 2. The predicted molar refractivity (Wildman–Crippen MR) is 106 cm³/mol. The van der Waals surface area contributed by atoms with Crippen LogP contribution in [0.1, 0.15) is 43.0 Å². The van der Waals surface area contributed by atoms with E-state index in [1.807, 2.05) is 30.3 Å². The van der Waals surface area contributed by atoms with Crippen LogP contribution in [0.2, 0.25) is 0 Å². The molecule has 4 rings (SSSR count). The van der Waals surface area contributed by atoms with Crippen molar-refractivity contribution in [2.45, 2.75) is 38.3 Å². The van der Waals surface area contributed by atoms with Gasteiger partial charge in [-0.15, -0.1) is 0 Å². The lowest BCUT2D eigenvalue weighted by Gasteiger charge is -2.28. The van der Waals surface area contributed by atoms with E-state index in [0.29, 0.717) is 12.2 Å². The van der Waals surface area contributed by atoms with Gasteiger partial charge in [-0.05, 0) is 35.1 Å². The summed E-state index contributed by atoms with van der Waals surface area (Å²) in [6, 6.07) is 13.5. The fourth-order valence-electron chi connectivity index (χ4n) is 4.18. The SMILES string of the molecule is CN1C(=O)NCc2c(NC(=O)N[C@@H]3CC(C)(C)c4ccccc43)cccc21. The fraction of sp³-hybridized carbons (Fsp3) is 0.333. The van der Waals surface area contributed by atoms with Gasteiger partial charge in [0, 0.05) is 24.8 Å². The molecule has 1 atom stereocenters. The number of urea groups is 2. The molecular weight excluding hydrogens is 340 g/mol. The summed E-state index contributed by atoms with van der Waals surface area (Å²) in [6.07, 6.45) is 0.867. The average molecular weight is 364 g/mol. The summed E-state index contributed by atoms with van der Waals surface area (Å²) in [5, 5.41) is 8.89. The molecule has 0 bridgehead atoms. The van der Waals surface area contributed by atoms with E-state index in [2.05, 4.69) is 41.9 Å². The van der Waals surface area contributed by atoms with Crippen LogP contribution < -0.4 is 20.9 Å². The Morgan fingerprint density at radius 3 is 2.78 bits per heavy atom. The number of hydrogen-bond acceptors (Lipinski definition) is 2. The lowest BCUT2D eigenvalue weighted by atomic mass is 9.86. The Morgan fingerprint density at radius 1 is 1.19 bits per heavy atom. The third kappa shape index (κ3) is 3.01. The molecule has 27 heavy (non-hydrogen) atoms. The smallest absolute Gasteiger partial charge is 0.321 e. The third-order valence-corrected chi connectivity index (χ3v) is 5.57. The molecule has 4 amide bonds. The molecule has 0 spiro atoms. The van der Waals surface area contributed by atoms with Crippen molar-refractivity contribution in [3.05, 3.63) is 59.2 Å². The summed E-state index contributed by atoms with van der Waals surface area (Å²) < 4.78 is 0. The molecule has 2 aromatic rings. The summed E-state index contributed by atoms with van der Waals surface area (Å²) in [5.74, 6) is 0. The number of nitrogens with one attached hydrogen (secondary N) is 3. The van der Waals surface area contributed by atoms with Gasteiger partial charge in [0.15, 0.2) is 0 Å². The predicted octanol–water partition coefficient (Wildman–Crippen LogP) is 3.89. The summed E-state index contributed by atoms with van der Waals surface area (Å²) in [4.78, 5) is 26.1. The quantitative estimate of drug-likeness (QED) is 0.756. The molecular formula is C21H24N4O2. The highest BCUT2D eigenvalue weighted by Crippen LogP contribution is 2.44. The monoisotopic (exact) mass is 364 g/mol. The summed E-state index contributed by atoms with van der Waals surface area (Å²) in [5.41, 5.74) is 4.93. The summed E-state index contributed by atoms with van der Waals surface area (Å²) >= 11 is 0. The minimum absolute atomic E-state index is 0.0156. The average Bonchev–Trinajstić information content (AvgIpc) is 2.89. The number of nitrogens with zero attached hydrogens (tertiary/aromatic N) is 1. The molecule has 2 aliphatic rings. The highest BCUT2D eigenvalue weighted by Gasteiger charge is 2.37. The second-order valence-corrected chi connectivity index (χ2v) is 7.85. The van der Waals surface area contributed by atoms with Crippen LogP contribution in [0.15, 0.2) is 42.5 Å². The molecule has 3 N–H and O–H groups in total. The van der Waals surface area contributed by atoms with E-state index in [-0.39, 0.29) is 23.5 Å². The van der Waals surface area contributed by atoms with Gasteiger partial charge in [-0.3, -0.25) is 4.90 Å². The number of amides is 4. The third-order valence-electron chi connectivity index (χ3n) is 5.57. The van der Waals surface area contributed by atoms with E-state index in [1.54, 1.807) is 11.9 Å². The Labute approximate surface area is 158 Å². The Hall–Kier alpha value is -3.02. The molecule has 1 heterocycles. The summed E-state index contributed by atoms with van der Waals surface area (Å²) in [6.45, 7) is 4.81. The van der Waals surface area contributed by atoms with Gasteiger partial charge in [-0.1, -0.05) is 44.2 Å². The lowest BCUT2D eigenvalue weighted by molar-refractivity contribution is 0.246. The molecule has 0 aromatic heterocycles. The van der Waals surface area contributed by atoms with E-state index < -0.39 is 0 Å². The first-order valence-corrected chi connectivity index (χ1v) is 9.17. The molecule has 6 nitrogen and oxygen atoms in total. The maximum absolute atomic E-state index is 12.7. The van der Waals surface area contributed by atoms with Crippen LogP contribution in [0.5, 0.6) is 0 Å². The topological polar surface area (TPSA) is 73.5 Å². The van der Waals surface area contributed by atoms with Crippen molar-refractivity contribution >= 4 is 23.4 Å². The van der Waals surface area contributed by atoms with Crippen LogP contribution in [0.25, 0.3) is 0 Å². The zero-order valence-electron chi connectivity index (χ0n) is 15.8. The second-order valence-electron chi connectivity index (χ2n) is 7.85. The minimum atomic E-state index is -0.236. The number of anilines is 2. The zero-order valence-corrected chi connectivity index (χ0v) is 15.8. The van der Waals surface area contributed by atoms with Crippen molar-refractivity contribution in [2.75, 3.05) is 17.3 Å². The number of carbonyl (C=O) groups is 2. The first-order chi connectivity index (χ1) is 12.9. The fourth-order valence-corrected chi connectivity index (χ4v) is 4.18. The molecule has 0 unspecified atom stereocenters. The first-order valence-electron chi connectivity index (χ1n) is 9.17. The molecule has 0 radical (unpaired) electrons. The molecule has 1 aliphatic heterocycles. The molecule has 0 fully saturated rings. The zero-order chi connectivity index (χ0) is 19.2. The van der Waals surface area contributed by atoms with Gasteiger partial charge >= 0.3 is 12.1 Å². The Kier molecular flexibility index (Phi) is 4.06. The Balaban J connectivity index is 1.53. The number of hydrogen-bond donors (Lipinski definition) is 3. The molecule has 0 saturated carbocycles. The van der Waals surface area contributed by atoms with Gasteiger partial charge in [0.1, 0.15) is 0 Å². The largest absolute Gasteiger partial charge is 0.333 e. The molecule has 6 heteroatoms. The van der Waals surface area contributed by atoms with Crippen molar-refractivity contribution < 1.29 is 9.59 Å². The minimum Gasteiger partial charge on any atom is -0.333 e. The number of fused-ring (bicyclic) bond motifs is 2. The van der Waals surface area contributed by atoms with Gasteiger partial charge < -0.3 is 16.0 Å². The molecule has 140 valence electrons. The van der Waals surface area contributed by atoms with Gasteiger partial charge in [0.05, 0.1) is 11.7 Å². The van der Waals surface area contributed by atoms with Gasteiger partial charge in [0.25, 0.3) is 0 Å². The Bertz CT molecular complexity index is 922. The van der Waals surface area contributed by atoms with Gasteiger partial charge in [0.2, 0.25) is 0 Å². The maximum Gasteiger partial charge on any atom is 0.321 e. The first kappa shape index (κ1) is 17.4. The van der Waals surface area contributed by atoms with Crippen LogP contribution in [0.3, 0.4) is 0 Å². The van der Waals surface area contributed by atoms with Crippen LogP contribution >= 0.6 is 0 Å². The van der Waals surface area contributed by atoms with Gasteiger partial charge in [-0.2, -0.15) is 0 Å². The van der Waals surface area contributed by atoms with Gasteiger partial charge in [-0.25, -0.2) is 9.59 Å². The van der Waals surface area contributed by atoms with Crippen molar-refractivity contribution in [1.29, 1.82) is 0 Å². The van der Waals surface area contributed by atoms with Crippen LogP contribution in [-0.2, 0) is 12.0 Å². The molecule has 0 saturated heterocycles. The highest BCUT2D eigenvalue weighted by atomic mass is 16.2. The van der Waals surface area contributed by atoms with E-state index in [9.17, 15) is 9.59 Å². The molecule has 1 aliphatic carbocycles. The van der Waals surface area contributed by atoms with Crippen molar-refractivity contribution in [3.8, 4) is 0 Å². The van der Waals surface area contributed by atoms with E-state index in [4.69, 9.17) is 0 Å². The van der Waals surface area contributed by atoms with Crippen LogP contribution in [-0.4, -0.2) is 19.1 Å². The van der Waals surface area contributed by atoms with Crippen molar-refractivity contribution in [2.24, 2.45) is 0 Å². The van der Waals surface area contributed by atoms with E-state index in [0.717, 1.165) is 17.7 Å². The highest BCUT2D eigenvalue weighted by molar-refractivity contribution is 5.98. The standard InChI is InChI=1S/C21H24N4O2/c1-21(2)11-17(13-7-4-5-8-15(13)21)24-19(26)23-16-9-6-10-18-14(16)12-22-20(27)25(18)3/h4-10,17H,11-12H2,1-3H3,(H,22,27)(H2,23,24,26)/t17-/m1/s1. The van der Waals surface area contributed by atoms with Crippen molar-refractivity contribution in [1.82, 2.24) is 10.6 Å². The number of benzene rings is 2. The van der Waals surface area contributed by atoms with Crippen LogP contribution in [0.4, 0.5) is 21.0 Å². The van der Waals surface area contributed by atoms with Crippen LogP contribution in [0, 0.1) is 0 Å². The number of carbonyl (C=O) groups excluding carboxylic acids is 2. The molecule has 2 aromatic carbocycles. The van der Waals surface area contributed by atoms with E-state index in [1.165, 1.54) is 11.1 Å². The summed E-state index contributed by atoms with van der Waals surface area (Å²) in [7, 11) is 1.72. The van der Waals surface area contributed by atoms with Crippen molar-refractivity contribution in [3.63, 3.8) is 0 Å². The maximum atomic E-state index is 12.7. The second kappa shape index (κ2) is 6.30.